The molecule has 0 N–H and O–H groups in total. The fourth-order valence-corrected chi connectivity index (χ4v) is 4.86. The van der Waals surface area contributed by atoms with E-state index in [-0.39, 0.29) is 50.7 Å². The summed E-state index contributed by atoms with van der Waals surface area (Å²) in [4.78, 5) is 0. The minimum absolute atomic E-state index is 0. The molecule has 5 rings (SSSR count). The molecule has 0 fully saturated rings. The van der Waals surface area contributed by atoms with Crippen molar-refractivity contribution in [1.29, 1.82) is 0 Å². The van der Waals surface area contributed by atoms with Crippen LogP contribution in [0.1, 0.15) is 16.7 Å². The molecule has 156 valence electrons. The largest absolute Gasteiger partial charge is 4.00 e. The Morgan fingerprint density at radius 1 is 0.710 bits per heavy atom. The first kappa shape index (κ1) is 27.8. The summed E-state index contributed by atoms with van der Waals surface area (Å²) < 4.78 is 0. The number of aryl methyl sites for hydroxylation is 3. The molecule has 0 aliphatic heterocycles. The molecule has 0 bridgehead atoms. The van der Waals surface area contributed by atoms with Gasteiger partial charge in [0.15, 0.2) is 0 Å². The van der Waals surface area contributed by atoms with Crippen molar-refractivity contribution in [2.75, 3.05) is 0 Å². The Bertz CT molecular complexity index is 1170. The monoisotopic (exact) mass is 630 g/mol. The molecule has 4 heteroatoms. The third-order valence-electron chi connectivity index (χ3n) is 5.29. The van der Waals surface area contributed by atoms with Crippen molar-refractivity contribution in [1.82, 2.24) is 0 Å². The normalized spacial score (nSPS) is 10.2. The van der Waals surface area contributed by atoms with Crippen LogP contribution in [0.25, 0.3) is 21.5 Å². The summed E-state index contributed by atoms with van der Waals surface area (Å²) in [6, 6.07) is 32.6. The molecule has 0 saturated heterocycles. The van der Waals surface area contributed by atoms with Crippen molar-refractivity contribution < 1.29 is 50.7 Å². The van der Waals surface area contributed by atoms with Crippen LogP contribution in [0.15, 0.2) is 91.0 Å². The van der Waals surface area contributed by atoms with E-state index in [0.717, 1.165) is 8.58 Å². The van der Waals surface area contributed by atoms with Crippen LogP contribution in [0.5, 0.6) is 0 Å². The van der Waals surface area contributed by atoms with Crippen LogP contribution in [0.2, 0.25) is 0 Å². The van der Waals surface area contributed by atoms with E-state index in [9.17, 15) is 0 Å². The number of hydrogen-bond donors (Lipinski definition) is 0. The van der Waals surface area contributed by atoms with Gasteiger partial charge >= 0.3 is 25.8 Å². The quantitative estimate of drug-likeness (QED) is 0.153. The van der Waals surface area contributed by atoms with Gasteiger partial charge in [-0.2, -0.15) is 18.2 Å². The Kier molecular flexibility index (Phi) is 11.4. The van der Waals surface area contributed by atoms with Gasteiger partial charge in [-0.15, -0.1) is 68.8 Å². The molecule has 0 aromatic heterocycles. The Hall–Kier alpha value is -1.24. The van der Waals surface area contributed by atoms with Crippen molar-refractivity contribution in [3.63, 3.8) is 0 Å². The third-order valence-corrected chi connectivity index (χ3v) is 6.70. The molecule has 0 nitrogen and oxygen atoms in total. The summed E-state index contributed by atoms with van der Waals surface area (Å²) in [5, 5.41) is 8.37. The molecule has 5 aromatic rings. The Morgan fingerprint density at radius 3 is 2.10 bits per heavy atom. The van der Waals surface area contributed by atoms with E-state index in [1.807, 2.05) is 0 Å². The van der Waals surface area contributed by atoms with Gasteiger partial charge in [0, 0.05) is 0 Å². The van der Waals surface area contributed by atoms with E-state index >= 15 is 0 Å². The maximum atomic E-state index is 2.31. The molecule has 0 aliphatic carbocycles. The second-order valence-corrected chi connectivity index (χ2v) is 8.73. The number of fused-ring (bicyclic) bond motifs is 2. The van der Waals surface area contributed by atoms with Gasteiger partial charge in [-0.05, 0) is 24.7 Å². The van der Waals surface area contributed by atoms with E-state index in [0.29, 0.717) is 0 Å². The molecule has 0 heterocycles. The summed E-state index contributed by atoms with van der Waals surface area (Å²) in [5.74, 6) is 0. The van der Waals surface area contributed by atoms with E-state index in [1.54, 1.807) is 0 Å². The first-order valence-corrected chi connectivity index (χ1v) is 10.7. The Morgan fingerprint density at radius 2 is 1.39 bits per heavy atom. The SMILES string of the molecule is Cc1ccc(C)c2[cH-]ccc12.Cc1ccccc1Pc1cc2ccccc2[cH-]1.[Cl-].[Cl-].[Hf+4]. The molecule has 5 aromatic carbocycles. The third kappa shape index (κ3) is 6.62. The molecule has 1 atom stereocenters. The van der Waals surface area contributed by atoms with E-state index < -0.39 is 0 Å². The predicted molar refractivity (Wildman–Crippen MR) is 127 cm³/mol. The van der Waals surface area contributed by atoms with Crippen molar-refractivity contribution in [2.24, 2.45) is 0 Å². The standard InChI is InChI=1S/C16H14P.C11H11.2ClH.Hf/c1-12-6-2-5-9-16(12)17-15-10-13-7-3-4-8-14(13)11-15;1-8-6-7-9(2)11-5-3-4-10(8)11;;;/h2-11,17H,1H3;3-7H,1-2H3;2*1H;/q2*-1;;;+4/p-2. The average Bonchev–Trinajstić information content (AvgIpc) is 3.34. The number of halogens is 2. The molecular weight excluding hydrogens is 605 g/mol. The molecule has 31 heavy (non-hydrogen) atoms. The van der Waals surface area contributed by atoms with Crippen LogP contribution >= 0.6 is 8.58 Å². The zero-order valence-electron chi connectivity index (χ0n) is 17.9. The number of rotatable bonds is 2. The molecular formula is C27H25Cl2HfP. The van der Waals surface area contributed by atoms with Crippen LogP contribution in [-0.4, -0.2) is 0 Å². The van der Waals surface area contributed by atoms with Gasteiger partial charge in [0.25, 0.3) is 0 Å². The molecule has 0 amide bonds. The van der Waals surface area contributed by atoms with E-state index in [4.69, 9.17) is 0 Å². The Balaban J connectivity index is 0.000000303. The van der Waals surface area contributed by atoms with Gasteiger partial charge in [0.1, 0.15) is 0 Å². The maximum Gasteiger partial charge on any atom is 4.00 e. The fourth-order valence-electron chi connectivity index (χ4n) is 3.63. The predicted octanol–water partition coefficient (Wildman–Crippen LogP) is 0.677. The van der Waals surface area contributed by atoms with Crippen molar-refractivity contribution in [2.45, 2.75) is 20.8 Å². The van der Waals surface area contributed by atoms with Crippen LogP contribution < -0.4 is 35.4 Å². The summed E-state index contributed by atoms with van der Waals surface area (Å²) in [7, 11) is 0.759. The van der Waals surface area contributed by atoms with Crippen LogP contribution in [0.4, 0.5) is 0 Å². The van der Waals surface area contributed by atoms with Crippen molar-refractivity contribution >= 4 is 40.7 Å². The minimum Gasteiger partial charge on any atom is -1.00 e. The second kappa shape index (κ2) is 12.7. The zero-order chi connectivity index (χ0) is 19.5. The van der Waals surface area contributed by atoms with E-state index in [2.05, 4.69) is 112 Å². The zero-order valence-corrected chi connectivity index (χ0v) is 24.0. The molecule has 0 spiro atoms. The van der Waals surface area contributed by atoms with Gasteiger partial charge in [0.2, 0.25) is 0 Å². The average molecular weight is 630 g/mol. The molecule has 0 saturated carbocycles. The summed E-state index contributed by atoms with van der Waals surface area (Å²) in [6.45, 7) is 6.49. The summed E-state index contributed by atoms with van der Waals surface area (Å²) in [6.07, 6.45) is 0. The second-order valence-electron chi connectivity index (χ2n) is 7.37. The molecule has 0 aliphatic rings. The first-order valence-electron chi connectivity index (χ1n) is 9.71. The first-order chi connectivity index (χ1) is 13.6. The van der Waals surface area contributed by atoms with Crippen LogP contribution in [-0.2, 0) is 25.8 Å². The van der Waals surface area contributed by atoms with Crippen LogP contribution in [0.3, 0.4) is 0 Å². The van der Waals surface area contributed by atoms with Crippen molar-refractivity contribution in [3.05, 3.63) is 108 Å². The van der Waals surface area contributed by atoms with Crippen LogP contribution in [0, 0.1) is 20.8 Å². The van der Waals surface area contributed by atoms with Gasteiger partial charge in [-0.1, -0.05) is 57.5 Å². The number of benzene rings is 3. The van der Waals surface area contributed by atoms with Gasteiger partial charge in [-0.25, -0.2) is 0 Å². The van der Waals surface area contributed by atoms with Crippen molar-refractivity contribution in [3.8, 4) is 0 Å². The van der Waals surface area contributed by atoms with Gasteiger partial charge in [0.05, 0.1) is 0 Å². The fraction of sp³-hybridized carbons (Fsp3) is 0.111. The molecule has 0 radical (unpaired) electrons. The van der Waals surface area contributed by atoms with E-state index in [1.165, 1.54) is 48.8 Å². The number of hydrogen-bond acceptors (Lipinski definition) is 0. The summed E-state index contributed by atoms with van der Waals surface area (Å²) >= 11 is 0. The molecule has 1 unspecified atom stereocenters. The maximum absolute atomic E-state index is 2.31. The van der Waals surface area contributed by atoms with Gasteiger partial charge in [-0.3, -0.25) is 0 Å². The minimum atomic E-state index is 0. The Labute approximate surface area is 218 Å². The van der Waals surface area contributed by atoms with Gasteiger partial charge < -0.3 is 24.8 Å². The smallest absolute Gasteiger partial charge is 1.00 e. The summed E-state index contributed by atoms with van der Waals surface area (Å²) in [5.41, 5.74) is 4.13. The topological polar surface area (TPSA) is 0 Å².